The van der Waals surface area contributed by atoms with Crippen molar-refractivity contribution in [3.63, 3.8) is 0 Å². The van der Waals surface area contributed by atoms with Gasteiger partial charge in [-0.2, -0.15) is 4.98 Å². The summed E-state index contributed by atoms with van der Waals surface area (Å²) < 4.78 is 11.2. The molecular weight excluding hydrogens is 306 g/mol. The molecule has 7 nitrogen and oxygen atoms in total. The van der Waals surface area contributed by atoms with Gasteiger partial charge in [0.15, 0.2) is 0 Å². The van der Waals surface area contributed by atoms with Gasteiger partial charge in [-0.25, -0.2) is 0 Å². The van der Waals surface area contributed by atoms with Crippen LogP contribution in [-0.2, 0) is 11.3 Å². The monoisotopic (exact) mass is 325 g/mol. The zero-order valence-corrected chi connectivity index (χ0v) is 13.3. The molecule has 2 aromatic heterocycles. The van der Waals surface area contributed by atoms with E-state index in [1.165, 1.54) is 0 Å². The van der Waals surface area contributed by atoms with Crippen molar-refractivity contribution in [3.05, 3.63) is 36.5 Å². The molecule has 1 fully saturated rings. The number of hydrogen-bond donors (Lipinski definition) is 1. The van der Waals surface area contributed by atoms with Crippen LogP contribution in [0.3, 0.4) is 0 Å². The van der Waals surface area contributed by atoms with Crippen molar-refractivity contribution in [1.82, 2.24) is 20.1 Å². The molecular formula is C17H19N5O2. The third kappa shape index (κ3) is 3.27. The number of ether oxygens (including phenoxy) is 1. The minimum absolute atomic E-state index is 0.232. The van der Waals surface area contributed by atoms with Crippen molar-refractivity contribution >= 4 is 11.0 Å². The summed E-state index contributed by atoms with van der Waals surface area (Å²) in [5.74, 6) is 1.02. The summed E-state index contributed by atoms with van der Waals surface area (Å²) in [6, 6.07) is 6.03. The van der Waals surface area contributed by atoms with Gasteiger partial charge in [-0.15, -0.1) is 0 Å². The molecule has 0 bridgehead atoms. The first-order valence-corrected chi connectivity index (χ1v) is 8.19. The molecule has 4 rings (SSSR count). The van der Waals surface area contributed by atoms with E-state index in [9.17, 15) is 0 Å². The van der Waals surface area contributed by atoms with Crippen molar-refractivity contribution < 1.29 is 9.26 Å². The maximum atomic E-state index is 5.91. The topological polar surface area (TPSA) is 100.0 Å². The van der Waals surface area contributed by atoms with Crippen LogP contribution in [0.15, 0.2) is 35.1 Å². The van der Waals surface area contributed by atoms with E-state index in [-0.39, 0.29) is 6.10 Å². The molecule has 0 saturated heterocycles. The molecule has 1 saturated carbocycles. The van der Waals surface area contributed by atoms with Crippen molar-refractivity contribution in [2.45, 2.75) is 44.4 Å². The molecule has 0 atom stereocenters. The number of benzene rings is 1. The smallest absolute Gasteiger partial charge is 0.252 e. The summed E-state index contributed by atoms with van der Waals surface area (Å²) >= 11 is 0. The predicted molar refractivity (Wildman–Crippen MR) is 87.9 cm³/mol. The fourth-order valence-corrected chi connectivity index (χ4v) is 2.98. The number of nitrogens with zero attached hydrogens (tertiary/aromatic N) is 4. The van der Waals surface area contributed by atoms with E-state index in [4.69, 9.17) is 15.0 Å². The van der Waals surface area contributed by atoms with Crippen LogP contribution in [0.2, 0.25) is 0 Å². The van der Waals surface area contributed by atoms with Crippen LogP contribution in [0.1, 0.15) is 31.6 Å². The lowest BCUT2D eigenvalue weighted by Gasteiger charge is -2.25. The summed E-state index contributed by atoms with van der Waals surface area (Å²) in [4.78, 5) is 13.0. The molecule has 24 heavy (non-hydrogen) atoms. The Morgan fingerprint density at radius 2 is 1.88 bits per heavy atom. The third-order valence-corrected chi connectivity index (χ3v) is 4.36. The summed E-state index contributed by atoms with van der Waals surface area (Å²) in [5.41, 5.74) is 8.39. The molecule has 1 aromatic carbocycles. The maximum Gasteiger partial charge on any atom is 0.252 e. The number of aromatic nitrogens is 4. The fourth-order valence-electron chi connectivity index (χ4n) is 2.98. The standard InChI is InChI=1S/C17H19N5O2/c18-12-2-4-13(5-3-12)23-10-16-21-17(22-24-16)11-1-6-14-15(9-11)20-8-7-19-14/h1,6-9,12-13H,2-5,10,18H2. The minimum atomic E-state index is 0.232. The lowest BCUT2D eigenvalue weighted by Crippen LogP contribution is -2.30. The Morgan fingerprint density at radius 3 is 2.71 bits per heavy atom. The third-order valence-electron chi connectivity index (χ3n) is 4.36. The van der Waals surface area contributed by atoms with Crippen LogP contribution >= 0.6 is 0 Å². The van der Waals surface area contributed by atoms with Crippen LogP contribution in [0.25, 0.3) is 22.4 Å². The Bertz CT molecular complexity index is 826. The van der Waals surface area contributed by atoms with Gasteiger partial charge < -0.3 is 15.0 Å². The van der Waals surface area contributed by atoms with Crippen molar-refractivity contribution in [3.8, 4) is 11.4 Å². The van der Waals surface area contributed by atoms with Crippen LogP contribution in [-0.4, -0.2) is 32.3 Å². The van der Waals surface area contributed by atoms with E-state index in [0.717, 1.165) is 42.3 Å². The van der Waals surface area contributed by atoms with Gasteiger partial charge in [0.05, 0.1) is 17.1 Å². The highest BCUT2D eigenvalue weighted by atomic mass is 16.5. The molecule has 124 valence electrons. The van der Waals surface area contributed by atoms with Gasteiger partial charge in [-0.3, -0.25) is 9.97 Å². The van der Waals surface area contributed by atoms with Crippen molar-refractivity contribution in [1.29, 1.82) is 0 Å². The molecule has 2 N–H and O–H groups in total. The quantitative estimate of drug-likeness (QED) is 0.786. The number of rotatable bonds is 4. The largest absolute Gasteiger partial charge is 0.368 e. The van der Waals surface area contributed by atoms with E-state index in [0.29, 0.717) is 24.4 Å². The van der Waals surface area contributed by atoms with Gasteiger partial charge in [-0.05, 0) is 43.9 Å². The predicted octanol–water partition coefficient (Wildman–Crippen LogP) is 2.47. The van der Waals surface area contributed by atoms with E-state index >= 15 is 0 Å². The lowest BCUT2D eigenvalue weighted by atomic mass is 9.94. The molecule has 7 heteroatoms. The van der Waals surface area contributed by atoms with Gasteiger partial charge in [0.25, 0.3) is 5.89 Å². The molecule has 2 heterocycles. The average molecular weight is 325 g/mol. The molecule has 1 aliphatic rings. The molecule has 3 aromatic rings. The zero-order chi connectivity index (χ0) is 16.4. The first-order chi connectivity index (χ1) is 11.8. The van der Waals surface area contributed by atoms with Gasteiger partial charge in [0.1, 0.15) is 6.61 Å². The van der Waals surface area contributed by atoms with E-state index < -0.39 is 0 Å². The molecule has 0 radical (unpaired) electrons. The summed E-state index contributed by atoms with van der Waals surface area (Å²) in [5, 5.41) is 4.03. The number of hydrogen-bond acceptors (Lipinski definition) is 7. The molecule has 0 amide bonds. The first-order valence-electron chi connectivity index (χ1n) is 8.19. The van der Waals surface area contributed by atoms with Gasteiger partial charge in [0.2, 0.25) is 5.82 Å². The second-order valence-electron chi connectivity index (χ2n) is 6.12. The Balaban J connectivity index is 1.43. The maximum absolute atomic E-state index is 5.91. The highest BCUT2D eigenvalue weighted by Gasteiger charge is 2.20. The second kappa shape index (κ2) is 6.62. The normalized spacial score (nSPS) is 21.2. The van der Waals surface area contributed by atoms with Crippen LogP contribution in [0.4, 0.5) is 0 Å². The average Bonchev–Trinajstić information content (AvgIpc) is 3.10. The van der Waals surface area contributed by atoms with Crippen molar-refractivity contribution in [2.24, 2.45) is 5.73 Å². The Hall–Kier alpha value is -2.38. The SMILES string of the molecule is NC1CCC(OCc2nc(-c3ccc4nccnc4c3)no2)CC1. The second-order valence-corrected chi connectivity index (χ2v) is 6.12. The number of fused-ring (bicyclic) bond motifs is 1. The van der Waals surface area contributed by atoms with Crippen LogP contribution in [0, 0.1) is 0 Å². The highest BCUT2D eigenvalue weighted by molar-refractivity contribution is 5.79. The van der Waals surface area contributed by atoms with E-state index in [2.05, 4.69) is 20.1 Å². The lowest BCUT2D eigenvalue weighted by molar-refractivity contribution is 0.00192. The molecule has 1 aliphatic carbocycles. The van der Waals surface area contributed by atoms with Crippen molar-refractivity contribution in [2.75, 3.05) is 0 Å². The van der Waals surface area contributed by atoms with Gasteiger partial charge in [-0.1, -0.05) is 5.16 Å². The first kappa shape index (κ1) is 15.2. The minimum Gasteiger partial charge on any atom is -0.368 e. The molecule has 0 aliphatic heterocycles. The fraction of sp³-hybridized carbons (Fsp3) is 0.412. The van der Waals surface area contributed by atoms with Crippen LogP contribution < -0.4 is 5.73 Å². The summed E-state index contributed by atoms with van der Waals surface area (Å²) in [7, 11) is 0. The van der Waals surface area contributed by atoms with E-state index in [1.807, 2.05) is 18.2 Å². The van der Waals surface area contributed by atoms with Gasteiger partial charge in [0, 0.05) is 24.0 Å². The summed E-state index contributed by atoms with van der Waals surface area (Å²) in [6.45, 7) is 0.334. The van der Waals surface area contributed by atoms with Crippen LogP contribution in [0.5, 0.6) is 0 Å². The molecule has 0 spiro atoms. The Kier molecular flexibility index (Phi) is 4.18. The zero-order valence-electron chi connectivity index (χ0n) is 13.3. The van der Waals surface area contributed by atoms with E-state index in [1.54, 1.807) is 12.4 Å². The summed E-state index contributed by atoms with van der Waals surface area (Å²) in [6.07, 6.45) is 7.57. The Morgan fingerprint density at radius 1 is 1.08 bits per heavy atom. The highest BCUT2D eigenvalue weighted by Crippen LogP contribution is 2.22. The Labute approximate surface area is 139 Å². The molecule has 0 unspecified atom stereocenters. The van der Waals surface area contributed by atoms with Gasteiger partial charge >= 0.3 is 0 Å². The number of nitrogens with two attached hydrogens (primary N) is 1.